The zero-order chi connectivity index (χ0) is 6.95. The van der Waals surface area contributed by atoms with Crippen LogP contribution in [0.5, 0.6) is 0 Å². The maximum Gasteiger partial charge on any atom is 0.0873 e. The van der Waals surface area contributed by atoms with E-state index in [4.69, 9.17) is 4.74 Å². The molecule has 0 aromatic carbocycles. The lowest BCUT2D eigenvalue weighted by Gasteiger charge is -1.91. The minimum Gasteiger partial charge on any atom is -0.502 e. The van der Waals surface area contributed by atoms with Gasteiger partial charge in [-0.2, -0.15) is 0 Å². The highest BCUT2D eigenvalue weighted by Gasteiger charge is 1.88. The van der Waals surface area contributed by atoms with Gasteiger partial charge in [-0.25, -0.2) is 0 Å². The van der Waals surface area contributed by atoms with Gasteiger partial charge in [0.2, 0.25) is 0 Å². The van der Waals surface area contributed by atoms with Gasteiger partial charge in [0.1, 0.15) is 0 Å². The van der Waals surface area contributed by atoms with Gasteiger partial charge < -0.3 is 4.74 Å². The van der Waals surface area contributed by atoms with Gasteiger partial charge in [0.15, 0.2) is 0 Å². The average molecular weight is 128 g/mol. The van der Waals surface area contributed by atoms with E-state index in [9.17, 15) is 0 Å². The van der Waals surface area contributed by atoms with E-state index in [-0.39, 0.29) is 0 Å². The van der Waals surface area contributed by atoms with E-state index in [0.29, 0.717) is 0 Å². The summed E-state index contributed by atoms with van der Waals surface area (Å²) in [7, 11) is 0. The van der Waals surface area contributed by atoms with E-state index < -0.39 is 0 Å². The quantitative estimate of drug-likeness (QED) is 0.487. The molecule has 0 bridgehead atoms. The molecular weight excluding hydrogens is 112 g/mol. The molecule has 0 atom stereocenters. The van der Waals surface area contributed by atoms with Crippen LogP contribution in [0.4, 0.5) is 0 Å². The number of rotatable bonds is 0. The van der Waals surface area contributed by atoms with Crippen molar-refractivity contribution in [2.24, 2.45) is 0 Å². The van der Waals surface area contributed by atoms with Crippen LogP contribution in [0.2, 0.25) is 0 Å². The topological polar surface area (TPSA) is 9.23 Å². The highest BCUT2D eigenvalue weighted by molar-refractivity contribution is 4.75. The second-order valence-corrected chi connectivity index (χ2v) is 1.74. The summed E-state index contributed by atoms with van der Waals surface area (Å²) in [5.41, 5.74) is 0. The van der Waals surface area contributed by atoms with Crippen LogP contribution in [0.3, 0.4) is 0 Å². The van der Waals surface area contributed by atoms with Crippen molar-refractivity contribution in [3.8, 4) is 0 Å². The van der Waals surface area contributed by atoms with Gasteiger partial charge in [-0.15, -0.1) is 0 Å². The van der Waals surface area contributed by atoms with Crippen molar-refractivity contribution in [1.29, 1.82) is 0 Å². The molecule has 0 saturated heterocycles. The average Bonchev–Trinajstić information content (AvgIpc) is 2.21. The largest absolute Gasteiger partial charge is 0.502 e. The van der Waals surface area contributed by atoms with Crippen molar-refractivity contribution in [3.05, 3.63) is 12.3 Å². The molecule has 0 N–H and O–H groups in total. The second-order valence-electron chi connectivity index (χ2n) is 1.74. The molecule has 1 aliphatic rings. The molecule has 1 heterocycles. The van der Waals surface area contributed by atoms with Crippen LogP contribution in [0, 0.1) is 0 Å². The SMILES string of the molecule is C1=COCCCC1.CC. The number of allylic oxidation sites excluding steroid dienone is 1. The molecule has 0 unspecified atom stereocenters. The zero-order valence-electron chi connectivity index (χ0n) is 6.39. The summed E-state index contributed by atoms with van der Waals surface area (Å²) in [5, 5.41) is 0. The Balaban J connectivity index is 0.000000291. The lowest BCUT2D eigenvalue weighted by Crippen LogP contribution is -1.81. The summed E-state index contributed by atoms with van der Waals surface area (Å²) >= 11 is 0. The summed E-state index contributed by atoms with van der Waals surface area (Å²) in [5.74, 6) is 0. The summed E-state index contributed by atoms with van der Waals surface area (Å²) < 4.78 is 5.01. The third-order valence-electron chi connectivity index (χ3n) is 1.08. The molecule has 1 aliphatic heterocycles. The van der Waals surface area contributed by atoms with Crippen LogP contribution < -0.4 is 0 Å². The Morgan fingerprint density at radius 3 is 2.78 bits per heavy atom. The van der Waals surface area contributed by atoms with Gasteiger partial charge >= 0.3 is 0 Å². The molecule has 0 aliphatic carbocycles. The summed E-state index contributed by atoms with van der Waals surface area (Å²) in [6.07, 6.45) is 7.57. The predicted octanol–water partition coefficient (Wildman–Crippen LogP) is 2.73. The Morgan fingerprint density at radius 2 is 2.00 bits per heavy atom. The highest BCUT2D eigenvalue weighted by Crippen LogP contribution is 2.01. The molecule has 0 spiro atoms. The maximum absolute atomic E-state index is 5.01. The fourth-order valence-corrected chi connectivity index (χ4v) is 0.652. The van der Waals surface area contributed by atoms with Gasteiger partial charge in [-0.05, 0) is 25.3 Å². The highest BCUT2D eigenvalue weighted by atomic mass is 16.5. The molecule has 0 amide bonds. The molecule has 1 rings (SSSR count). The predicted molar refractivity (Wildman–Crippen MR) is 40.3 cm³/mol. The smallest absolute Gasteiger partial charge is 0.0873 e. The Labute approximate surface area is 57.7 Å². The van der Waals surface area contributed by atoms with Crippen molar-refractivity contribution < 1.29 is 4.74 Å². The molecule has 1 nitrogen and oxygen atoms in total. The molecular formula is C8H16O. The second kappa shape index (κ2) is 7.54. The van der Waals surface area contributed by atoms with Crippen molar-refractivity contribution >= 4 is 0 Å². The summed E-state index contributed by atoms with van der Waals surface area (Å²) in [4.78, 5) is 0. The van der Waals surface area contributed by atoms with Gasteiger partial charge in [0.25, 0.3) is 0 Å². The van der Waals surface area contributed by atoms with Crippen LogP contribution in [-0.2, 0) is 4.74 Å². The van der Waals surface area contributed by atoms with Crippen LogP contribution >= 0.6 is 0 Å². The van der Waals surface area contributed by atoms with E-state index in [0.717, 1.165) is 6.61 Å². The molecule has 1 heteroatoms. The first-order chi connectivity index (χ1) is 4.50. The van der Waals surface area contributed by atoms with Crippen LogP contribution in [0.1, 0.15) is 33.1 Å². The normalized spacial score (nSPS) is 16.7. The first-order valence-electron chi connectivity index (χ1n) is 3.77. The van der Waals surface area contributed by atoms with Gasteiger partial charge in [-0.1, -0.05) is 13.8 Å². The number of ether oxygens (including phenoxy) is 1. The van der Waals surface area contributed by atoms with E-state index >= 15 is 0 Å². The van der Waals surface area contributed by atoms with E-state index in [1.807, 2.05) is 13.8 Å². The molecule has 9 heavy (non-hydrogen) atoms. The monoisotopic (exact) mass is 128 g/mol. The van der Waals surface area contributed by atoms with E-state index in [1.165, 1.54) is 19.3 Å². The lowest BCUT2D eigenvalue weighted by molar-refractivity contribution is 0.249. The van der Waals surface area contributed by atoms with Crippen LogP contribution in [-0.4, -0.2) is 6.61 Å². The first-order valence-corrected chi connectivity index (χ1v) is 3.77. The van der Waals surface area contributed by atoms with E-state index in [1.54, 1.807) is 6.26 Å². The third-order valence-corrected chi connectivity index (χ3v) is 1.08. The standard InChI is InChI=1S/C6H10O.C2H6/c1-2-4-6-7-5-3-1;1-2/h3,5H,1-2,4,6H2;1-2H3. The minimum absolute atomic E-state index is 0.913. The molecule has 0 aromatic rings. The molecule has 0 saturated carbocycles. The van der Waals surface area contributed by atoms with Gasteiger partial charge in [-0.3, -0.25) is 0 Å². The lowest BCUT2D eigenvalue weighted by atomic mass is 10.2. The third kappa shape index (κ3) is 5.41. The summed E-state index contributed by atoms with van der Waals surface area (Å²) in [6.45, 7) is 4.91. The van der Waals surface area contributed by atoms with Gasteiger partial charge in [0, 0.05) is 0 Å². The molecule has 0 radical (unpaired) electrons. The van der Waals surface area contributed by atoms with Crippen molar-refractivity contribution in [3.63, 3.8) is 0 Å². The molecule has 54 valence electrons. The minimum atomic E-state index is 0.913. The van der Waals surface area contributed by atoms with Crippen molar-refractivity contribution in [2.45, 2.75) is 33.1 Å². The van der Waals surface area contributed by atoms with Crippen molar-refractivity contribution in [1.82, 2.24) is 0 Å². The first kappa shape index (κ1) is 8.54. The molecule has 0 fully saturated rings. The Bertz CT molecular complexity index is 59.0. The van der Waals surface area contributed by atoms with E-state index in [2.05, 4.69) is 6.08 Å². The van der Waals surface area contributed by atoms with Crippen LogP contribution in [0.25, 0.3) is 0 Å². The Hall–Kier alpha value is -0.460. The van der Waals surface area contributed by atoms with Crippen LogP contribution in [0.15, 0.2) is 12.3 Å². The zero-order valence-corrected chi connectivity index (χ0v) is 6.39. The van der Waals surface area contributed by atoms with Crippen molar-refractivity contribution in [2.75, 3.05) is 6.61 Å². The number of hydrogen-bond donors (Lipinski definition) is 0. The maximum atomic E-state index is 5.01. The number of hydrogen-bond acceptors (Lipinski definition) is 1. The fraction of sp³-hybridized carbons (Fsp3) is 0.750. The molecule has 0 aromatic heterocycles. The Morgan fingerprint density at radius 1 is 1.22 bits per heavy atom. The van der Waals surface area contributed by atoms with Gasteiger partial charge in [0.05, 0.1) is 12.9 Å². The summed E-state index contributed by atoms with van der Waals surface area (Å²) in [6, 6.07) is 0. The Kier molecular flexibility index (Phi) is 7.15. The fourth-order valence-electron chi connectivity index (χ4n) is 0.652.